The van der Waals surface area contributed by atoms with E-state index < -0.39 is 49.0 Å². The first-order valence-electron chi connectivity index (χ1n) is 5.03. The molecule has 1 nitrogen and oxygen atoms in total. The number of rotatable bonds is 6. The first-order chi connectivity index (χ1) is 10.2. The number of hydrogen-bond donors (Lipinski definition) is 0. The van der Waals surface area contributed by atoms with Crippen LogP contribution in [0.25, 0.3) is 0 Å². The Kier molecular flexibility index (Phi) is 5.74. The number of alkyl halides is 15. The first kappa shape index (κ1) is 22.9. The van der Waals surface area contributed by atoms with Gasteiger partial charge in [-0.05, 0) is 0 Å². The van der Waals surface area contributed by atoms with E-state index in [0.29, 0.717) is 0 Å². The number of halogens is 15. The van der Waals surface area contributed by atoms with Gasteiger partial charge in [-0.1, -0.05) is 0 Å². The van der Waals surface area contributed by atoms with Crippen LogP contribution in [0.2, 0.25) is 0 Å². The zero-order valence-electron chi connectivity index (χ0n) is 10.4. The minimum Gasteiger partial charge on any atom is -0.327 e. The first-order valence-corrected chi connectivity index (χ1v) is 5.03. The molecule has 0 N–H and O–H groups in total. The summed E-state index contributed by atoms with van der Waals surface area (Å²) in [5.41, 5.74) is 0. The van der Waals surface area contributed by atoms with Crippen LogP contribution in [0.4, 0.5) is 65.9 Å². The van der Waals surface area contributed by atoms with Gasteiger partial charge in [0.15, 0.2) is 0 Å². The van der Waals surface area contributed by atoms with Gasteiger partial charge in [-0.15, -0.1) is 0 Å². The Morgan fingerprint density at radius 3 is 1.25 bits per heavy atom. The zero-order chi connectivity index (χ0) is 20.0. The highest BCUT2D eigenvalue weighted by Gasteiger charge is 2.88. The molecule has 24 heavy (non-hydrogen) atoms. The van der Waals surface area contributed by atoms with E-state index in [2.05, 4.69) is 4.74 Å². The highest BCUT2D eigenvalue weighted by Crippen LogP contribution is 2.58. The fourth-order valence-electron chi connectivity index (χ4n) is 1.09. The second-order valence-corrected chi connectivity index (χ2v) is 4.07. The Labute approximate surface area is 121 Å². The van der Waals surface area contributed by atoms with Gasteiger partial charge in [0, 0.05) is 0 Å². The summed E-state index contributed by atoms with van der Waals surface area (Å²) in [6.45, 7) is -3.63. The standard InChI is InChI=1S/C8H3F15O/c9-2(10)4(14,15)5(16,17)7(20,24-1-3(11,12)13)6(18,19)8(21,22)23/h2H,1H2. The molecule has 0 rings (SSSR count). The third-order valence-corrected chi connectivity index (χ3v) is 2.29. The quantitative estimate of drug-likeness (QED) is 0.573. The van der Waals surface area contributed by atoms with Gasteiger partial charge < -0.3 is 4.74 Å². The molecule has 0 heterocycles. The van der Waals surface area contributed by atoms with E-state index in [9.17, 15) is 65.9 Å². The molecule has 0 amide bonds. The summed E-state index contributed by atoms with van der Waals surface area (Å²) >= 11 is 0. The second-order valence-electron chi connectivity index (χ2n) is 4.07. The normalized spacial score (nSPS) is 18.0. The van der Waals surface area contributed by atoms with E-state index >= 15 is 0 Å². The molecular weight excluding hydrogens is 397 g/mol. The molecule has 1 unspecified atom stereocenters. The average molecular weight is 400 g/mol. The molecule has 0 aliphatic carbocycles. The topological polar surface area (TPSA) is 9.23 Å². The molecule has 0 saturated heterocycles. The van der Waals surface area contributed by atoms with Gasteiger partial charge in [0.2, 0.25) is 0 Å². The van der Waals surface area contributed by atoms with Crippen LogP contribution in [-0.2, 0) is 4.74 Å². The van der Waals surface area contributed by atoms with E-state index in [1.165, 1.54) is 0 Å². The van der Waals surface area contributed by atoms with Crippen LogP contribution < -0.4 is 0 Å². The van der Waals surface area contributed by atoms with Crippen molar-refractivity contribution < 1.29 is 70.6 Å². The van der Waals surface area contributed by atoms with Crippen molar-refractivity contribution in [3.8, 4) is 0 Å². The third kappa shape index (κ3) is 3.61. The molecule has 0 aliphatic rings. The maximum atomic E-state index is 13.5. The molecule has 0 aromatic carbocycles. The predicted molar refractivity (Wildman–Crippen MR) is 42.7 cm³/mol. The van der Waals surface area contributed by atoms with E-state index in [1.807, 2.05) is 0 Å². The van der Waals surface area contributed by atoms with E-state index in [0.717, 1.165) is 0 Å². The minimum atomic E-state index is -7.72. The van der Waals surface area contributed by atoms with E-state index in [4.69, 9.17) is 0 Å². The van der Waals surface area contributed by atoms with Gasteiger partial charge in [-0.2, -0.15) is 57.1 Å². The summed E-state index contributed by atoms with van der Waals surface area (Å²) in [6, 6.07) is 0. The summed E-state index contributed by atoms with van der Waals surface area (Å²) in [4.78, 5) is 0. The SMILES string of the molecule is FC(F)C(F)(F)C(F)(F)C(F)(OCC(F)(F)F)C(F)(F)C(F)(F)F. The highest BCUT2D eigenvalue weighted by molar-refractivity contribution is 5.08. The van der Waals surface area contributed by atoms with E-state index in [-0.39, 0.29) is 0 Å². The lowest BCUT2D eigenvalue weighted by Crippen LogP contribution is -2.71. The second kappa shape index (κ2) is 6.01. The van der Waals surface area contributed by atoms with Crippen LogP contribution in [0, 0.1) is 0 Å². The molecule has 0 aromatic rings. The van der Waals surface area contributed by atoms with Crippen LogP contribution in [0.3, 0.4) is 0 Å². The molecule has 0 fully saturated rings. The average Bonchev–Trinajstić information content (AvgIpc) is 2.32. The number of ether oxygens (including phenoxy) is 1. The Hall–Kier alpha value is -1.09. The monoisotopic (exact) mass is 400 g/mol. The number of hydrogen-bond acceptors (Lipinski definition) is 1. The molecule has 0 saturated carbocycles. The summed E-state index contributed by atoms with van der Waals surface area (Å²) in [6.07, 6.45) is -19.3. The Morgan fingerprint density at radius 1 is 0.625 bits per heavy atom. The van der Waals surface area contributed by atoms with Gasteiger partial charge in [-0.25, -0.2) is 8.78 Å². The highest BCUT2D eigenvalue weighted by atomic mass is 19.4. The van der Waals surface area contributed by atoms with Gasteiger partial charge in [0.05, 0.1) is 0 Å². The fourth-order valence-corrected chi connectivity index (χ4v) is 1.09. The molecule has 1 atom stereocenters. The molecule has 0 bridgehead atoms. The van der Waals surface area contributed by atoms with Crippen LogP contribution >= 0.6 is 0 Å². The van der Waals surface area contributed by atoms with Crippen molar-refractivity contribution in [2.45, 2.75) is 42.4 Å². The molecule has 16 heteroatoms. The Balaban J connectivity index is 6.36. The Bertz CT molecular complexity index is 434. The molecule has 0 aromatic heterocycles. The van der Waals surface area contributed by atoms with Crippen molar-refractivity contribution in [2.75, 3.05) is 6.61 Å². The minimum absolute atomic E-state index is 2.06. The summed E-state index contributed by atoms with van der Waals surface area (Å²) < 4.78 is 187. The maximum Gasteiger partial charge on any atom is 0.459 e. The van der Waals surface area contributed by atoms with E-state index in [1.54, 1.807) is 0 Å². The largest absolute Gasteiger partial charge is 0.459 e. The van der Waals surface area contributed by atoms with Crippen LogP contribution in [0.5, 0.6) is 0 Å². The maximum absolute atomic E-state index is 13.5. The van der Waals surface area contributed by atoms with Crippen molar-refractivity contribution in [1.82, 2.24) is 0 Å². The zero-order valence-corrected chi connectivity index (χ0v) is 10.4. The molecule has 0 spiro atoms. The molecule has 146 valence electrons. The van der Waals surface area contributed by atoms with Crippen LogP contribution in [0.1, 0.15) is 0 Å². The van der Waals surface area contributed by atoms with Gasteiger partial charge in [0.25, 0.3) is 0 Å². The smallest absolute Gasteiger partial charge is 0.327 e. The predicted octanol–water partition coefficient (Wildman–Crippen LogP) is 4.96. The molecule has 0 aliphatic heterocycles. The summed E-state index contributed by atoms with van der Waals surface area (Å²) in [5, 5.41) is 0. The van der Waals surface area contributed by atoms with Gasteiger partial charge >= 0.3 is 42.4 Å². The molecular formula is C8H3F15O. The van der Waals surface area contributed by atoms with Crippen molar-refractivity contribution in [3.63, 3.8) is 0 Å². The van der Waals surface area contributed by atoms with Crippen molar-refractivity contribution in [3.05, 3.63) is 0 Å². The van der Waals surface area contributed by atoms with Gasteiger partial charge in [-0.3, -0.25) is 0 Å². The van der Waals surface area contributed by atoms with Crippen molar-refractivity contribution >= 4 is 0 Å². The fraction of sp³-hybridized carbons (Fsp3) is 1.00. The lowest BCUT2D eigenvalue weighted by molar-refractivity contribution is -0.465. The lowest BCUT2D eigenvalue weighted by atomic mass is 9.96. The van der Waals surface area contributed by atoms with Crippen molar-refractivity contribution in [1.29, 1.82) is 0 Å². The molecule has 0 radical (unpaired) electrons. The lowest BCUT2D eigenvalue weighted by Gasteiger charge is -2.41. The van der Waals surface area contributed by atoms with Crippen molar-refractivity contribution in [2.24, 2.45) is 0 Å². The summed E-state index contributed by atoms with van der Waals surface area (Å²) in [5.74, 6) is -30.2. The Morgan fingerprint density at radius 2 is 1.00 bits per heavy atom. The summed E-state index contributed by atoms with van der Waals surface area (Å²) in [7, 11) is 0. The third-order valence-electron chi connectivity index (χ3n) is 2.29. The van der Waals surface area contributed by atoms with Crippen LogP contribution in [-0.4, -0.2) is 49.0 Å². The van der Waals surface area contributed by atoms with Crippen LogP contribution in [0.15, 0.2) is 0 Å². The van der Waals surface area contributed by atoms with Gasteiger partial charge in [0.1, 0.15) is 6.61 Å².